The molecule has 1 N–H and O–H groups in total. The van der Waals surface area contributed by atoms with Crippen LogP contribution >= 0.6 is 0 Å². The van der Waals surface area contributed by atoms with Crippen molar-refractivity contribution < 1.29 is 4.79 Å². The Balaban J connectivity index is 2.16. The van der Waals surface area contributed by atoms with Crippen LogP contribution in [0.1, 0.15) is 6.92 Å². The topological polar surface area (TPSA) is 57.1 Å². The molecule has 0 aromatic rings. The second kappa shape index (κ2) is 3.94. The van der Waals surface area contributed by atoms with Crippen LogP contribution in [-0.4, -0.2) is 49.2 Å². The van der Waals surface area contributed by atoms with Crippen molar-refractivity contribution in [2.75, 3.05) is 20.1 Å². The van der Waals surface area contributed by atoms with Gasteiger partial charge in [0.15, 0.2) is 5.84 Å². The molecule has 0 aromatic carbocycles. The molecule has 0 spiro atoms. The number of carbonyl (C=O) groups excluding carboxylic acids is 1. The second-order valence-electron chi connectivity index (χ2n) is 3.66. The van der Waals surface area contributed by atoms with E-state index in [1.165, 1.54) is 0 Å². The fourth-order valence-corrected chi connectivity index (χ4v) is 1.68. The summed E-state index contributed by atoms with van der Waals surface area (Å²) in [5.41, 5.74) is 1.07. The summed E-state index contributed by atoms with van der Waals surface area (Å²) in [6.07, 6.45) is 3.76. The molecule has 0 fully saturated rings. The minimum Gasteiger partial charge on any atom is -0.318 e. The maximum atomic E-state index is 11.6. The molecule has 80 valence electrons. The molecule has 15 heavy (non-hydrogen) atoms. The van der Waals surface area contributed by atoms with E-state index in [2.05, 4.69) is 15.3 Å². The highest BCUT2D eigenvalue weighted by molar-refractivity contribution is 6.10. The first-order valence-corrected chi connectivity index (χ1v) is 4.98. The number of urea groups is 1. The first kappa shape index (κ1) is 10.0. The Labute approximate surface area is 88.6 Å². The Bertz CT molecular complexity index is 370. The number of carbonyl (C=O) groups is 1. The molecular weight excluding hydrogens is 192 g/mol. The fraction of sp³-hybridized carbons (Fsp3) is 0.500. The molecule has 0 saturated carbocycles. The van der Waals surface area contributed by atoms with Crippen LogP contribution in [0.15, 0.2) is 21.6 Å². The number of aliphatic imine (C=N–C) groups is 2. The molecule has 1 atom stereocenters. The molecule has 5 nitrogen and oxygen atoms in total. The van der Waals surface area contributed by atoms with Gasteiger partial charge in [-0.15, -0.1) is 0 Å². The van der Waals surface area contributed by atoms with Crippen molar-refractivity contribution in [2.45, 2.75) is 13.0 Å². The molecule has 5 heteroatoms. The minimum atomic E-state index is -0.187. The average Bonchev–Trinajstić information content (AvgIpc) is 2.51. The predicted molar refractivity (Wildman–Crippen MR) is 59.5 cm³/mol. The van der Waals surface area contributed by atoms with Crippen molar-refractivity contribution in [3.63, 3.8) is 0 Å². The van der Waals surface area contributed by atoms with Crippen LogP contribution in [0.2, 0.25) is 0 Å². The molecule has 0 radical (unpaired) electrons. The van der Waals surface area contributed by atoms with E-state index >= 15 is 0 Å². The van der Waals surface area contributed by atoms with E-state index in [-0.39, 0.29) is 12.1 Å². The monoisotopic (exact) mass is 206 g/mol. The molecule has 0 aromatic heterocycles. The van der Waals surface area contributed by atoms with Crippen LogP contribution in [0.3, 0.4) is 0 Å². The molecule has 0 bridgehead atoms. The van der Waals surface area contributed by atoms with Crippen LogP contribution in [0.5, 0.6) is 0 Å². The summed E-state index contributed by atoms with van der Waals surface area (Å²) in [6.45, 7) is 3.40. The van der Waals surface area contributed by atoms with E-state index < -0.39 is 0 Å². The van der Waals surface area contributed by atoms with Crippen molar-refractivity contribution in [3.8, 4) is 0 Å². The summed E-state index contributed by atoms with van der Waals surface area (Å²) in [5, 5.41) is 3.02. The molecular formula is C10H14N4O. The zero-order chi connectivity index (χ0) is 10.8. The third-order valence-corrected chi connectivity index (χ3v) is 2.48. The second-order valence-corrected chi connectivity index (χ2v) is 3.66. The minimum absolute atomic E-state index is 0.0594. The number of amidine groups is 1. The smallest absolute Gasteiger partial charge is 0.318 e. The standard InChI is InChI=1S/C10H14N4O/c1-7-5-8-9(12-6-7)13-10(15)14(8)4-3-11-2/h5-6,8,11H,3-4H2,1-2H3. The molecule has 2 aliphatic heterocycles. The van der Waals surface area contributed by atoms with E-state index in [1.54, 1.807) is 11.1 Å². The summed E-state index contributed by atoms with van der Waals surface area (Å²) in [4.78, 5) is 21.4. The summed E-state index contributed by atoms with van der Waals surface area (Å²) >= 11 is 0. The van der Waals surface area contributed by atoms with Gasteiger partial charge in [0.1, 0.15) is 6.04 Å². The third kappa shape index (κ3) is 1.83. The Morgan fingerprint density at radius 1 is 1.60 bits per heavy atom. The Hall–Kier alpha value is -1.49. The van der Waals surface area contributed by atoms with E-state index in [0.29, 0.717) is 12.4 Å². The highest BCUT2D eigenvalue weighted by atomic mass is 16.2. The van der Waals surface area contributed by atoms with Gasteiger partial charge in [0, 0.05) is 19.3 Å². The average molecular weight is 206 g/mol. The third-order valence-electron chi connectivity index (χ3n) is 2.48. The van der Waals surface area contributed by atoms with Crippen LogP contribution < -0.4 is 5.32 Å². The van der Waals surface area contributed by atoms with Crippen molar-refractivity contribution in [2.24, 2.45) is 9.98 Å². The van der Waals surface area contributed by atoms with Gasteiger partial charge in [-0.25, -0.2) is 9.79 Å². The van der Waals surface area contributed by atoms with E-state index in [9.17, 15) is 4.79 Å². The maximum Gasteiger partial charge on any atom is 0.346 e. The van der Waals surface area contributed by atoms with E-state index in [4.69, 9.17) is 0 Å². The lowest BCUT2D eigenvalue weighted by atomic mass is 10.1. The highest BCUT2D eigenvalue weighted by Crippen LogP contribution is 2.18. The van der Waals surface area contributed by atoms with Gasteiger partial charge in [-0.2, -0.15) is 4.99 Å². The van der Waals surface area contributed by atoms with E-state index in [0.717, 1.165) is 12.1 Å². The molecule has 2 heterocycles. The molecule has 2 amide bonds. The predicted octanol–water partition coefficient (Wildman–Crippen LogP) is 0.439. The number of hydrogen-bond donors (Lipinski definition) is 1. The Morgan fingerprint density at radius 2 is 2.40 bits per heavy atom. The van der Waals surface area contributed by atoms with Crippen LogP contribution in [0.4, 0.5) is 4.79 Å². The van der Waals surface area contributed by atoms with Gasteiger partial charge in [-0.05, 0) is 25.6 Å². The number of fused-ring (bicyclic) bond motifs is 1. The number of nitrogens with zero attached hydrogens (tertiary/aromatic N) is 3. The number of dihydropyridines is 1. The molecule has 2 aliphatic rings. The molecule has 2 rings (SSSR count). The van der Waals surface area contributed by atoms with Crippen molar-refractivity contribution in [3.05, 3.63) is 11.6 Å². The van der Waals surface area contributed by atoms with Crippen molar-refractivity contribution in [1.29, 1.82) is 0 Å². The number of allylic oxidation sites excluding steroid dienone is 1. The quantitative estimate of drug-likeness (QED) is 0.728. The number of likely N-dealkylation sites (N-methyl/N-ethyl adjacent to an activating group) is 1. The van der Waals surface area contributed by atoms with Gasteiger partial charge >= 0.3 is 6.03 Å². The van der Waals surface area contributed by atoms with Gasteiger partial charge in [-0.3, -0.25) is 0 Å². The van der Waals surface area contributed by atoms with Crippen LogP contribution in [0.25, 0.3) is 0 Å². The fourth-order valence-electron chi connectivity index (χ4n) is 1.68. The lowest BCUT2D eigenvalue weighted by Gasteiger charge is -2.23. The highest BCUT2D eigenvalue weighted by Gasteiger charge is 2.33. The lowest BCUT2D eigenvalue weighted by Crippen LogP contribution is -2.40. The molecule has 1 unspecified atom stereocenters. The summed E-state index contributed by atoms with van der Waals surface area (Å²) in [5.74, 6) is 0.613. The zero-order valence-electron chi connectivity index (χ0n) is 8.90. The van der Waals surface area contributed by atoms with E-state index in [1.807, 2.05) is 20.0 Å². The normalized spacial score (nSPS) is 24.0. The largest absolute Gasteiger partial charge is 0.346 e. The number of amides is 2. The maximum absolute atomic E-state index is 11.6. The van der Waals surface area contributed by atoms with Gasteiger partial charge in [0.05, 0.1) is 0 Å². The van der Waals surface area contributed by atoms with Crippen molar-refractivity contribution >= 4 is 18.1 Å². The van der Waals surface area contributed by atoms with Crippen molar-refractivity contribution in [1.82, 2.24) is 10.2 Å². The SMILES string of the molecule is CNCCN1C(=O)N=C2N=CC(C)=CC21. The van der Waals surface area contributed by atoms with Gasteiger partial charge in [0.25, 0.3) is 0 Å². The number of hydrogen-bond acceptors (Lipinski definition) is 3. The Morgan fingerprint density at radius 3 is 3.13 bits per heavy atom. The Kier molecular flexibility index (Phi) is 2.64. The van der Waals surface area contributed by atoms with Gasteiger partial charge < -0.3 is 10.2 Å². The van der Waals surface area contributed by atoms with Gasteiger partial charge in [-0.1, -0.05) is 0 Å². The summed E-state index contributed by atoms with van der Waals surface area (Å²) < 4.78 is 0. The van der Waals surface area contributed by atoms with Gasteiger partial charge in [0.2, 0.25) is 0 Å². The summed E-state index contributed by atoms with van der Waals surface area (Å²) in [6, 6.07) is -0.246. The number of nitrogens with one attached hydrogen (secondary N) is 1. The summed E-state index contributed by atoms with van der Waals surface area (Å²) in [7, 11) is 1.86. The lowest BCUT2D eigenvalue weighted by molar-refractivity contribution is 0.213. The first-order chi connectivity index (χ1) is 7.22. The molecule has 0 saturated heterocycles. The molecule has 0 aliphatic carbocycles. The van der Waals surface area contributed by atoms with Crippen LogP contribution in [0, 0.1) is 0 Å². The zero-order valence-corrected chi connectivity index (χ0v) is 8.90. The number of rotatable bonds is 3. The first-order valence-electron chi connectivity index (χ1n) is 4.98. The van der Waals surface area contributed by atoms with Crippen LogP contribution in [-0.2, 0) is 0 Å².